The summed E-state index contributed by atoms with van der Waals surface area (Å²) in [6.45, 7) is 23.6. The summed E-state index contributed by atoms with van der Waals surface area (Å²) in [5, 5.41) is 2.58. The van der Waals surface area contributed by atoms with Crippen LogP contribution < -0.4 is 10.4 Å². The quantitative estimate of drug-likeness (QED) is 0.140. The lowest BCUT2D eigenvalue weighted by atomic mass is 10.1. The van der Waals surface area contributed by atoms with Crippen LogP contribution in [0.4, 0.5) is 0 Å². The van der Waals surface area contributed by atoms with E-state index < -0.39 is 16.6 Å². The molecule has 0 aliphatic rings. The third-order valence-electron chi connectivity index (χ3n) is 8.45. The summed E-state index contributed by atoms with van der Waals surface area (Å²) in [7, 11) is -4.69. The van der Waals surface area contributed by atoms with Crippen LogP contribution in [-0.2, 0) is 20.2 Å². The summed E-state index contributed by atoms with van der Waals surface area (Å²) >= 11 is 0. The van der Waals surface area contributed by atoms with Crippen molar-refractivity contribution in [3.8, 4) is 0 Å². The van der Waals surface area contributed by atoms with Crippen molar-refractivity contribution in [2.75, 3.05) is 6.61 Å². The van der Waals surface area contributed by atoms with Gasteiger partial charge in [0.15, 0.2) is 8.32 Å². The zero-order chi connectivity index (χ0) is 30.2. The molecule has 0 aliphatic heterocycles. The summed E-state index contributed by atoms with van der Waals surface area (Å²) in [5.41, 5.74) is 1.16. The summed E-state index contributed by atoms with van der Waals surface area (Å²) in [6.07, 6.45) is 3.42. The monoisotopic (exact) mass is 588 g/mol. The Morgan fingerprint density at radius 3 is 1.63 bits per heavy atom. The van der Waals surface area contributed by atoms with Gasteiger partial charge < -0.3 is 13.6 Å². The highest BCUT2D eigenvalue weighted by Gasteiger charge is 2.50. The summed E-state index contributed by atoms with van der Waals surface area (Å²) in [6, 6.07) is 32.1. The molecule has 0 heterocycles. The van der Waals surface area contributed by atoms with E-state index in [4.69, 9.17) is 13.6 Å². The highest BCUT2D eigenvalue weighted by atomic mass is 28.4. The van der Waals surface area contributed by atoms with Gasteiger partial charge in [-0.1, -0.05) is 139 Å². The first-order valence-corrected chi connectivity index (χ1v) is 19.8. The first-order valence-electron chi connectivity index (χ1n) is 15.0. The van der Waals surface area contributed by atoms with E-state index in [2.05, 4.69) is 146 Å². The van der Waals surface area contributed by atoms with Crippen molar-refractivity contribution in [1.29, 1.82) is 0 Å². The van der Waals surface area contributed by atoms with Gasteiger partial charge in [-0.25, -0.2) is 0 Å². The van der Waals surface area contributed by atoms with Gasteiger partial charge in [0.1, 0.15) is 0 Å². The number of rotatable bonds is 14. The van der Waals surface area contributed by atoms with E-state index in [-0.39, 0.29) is 22.3 Å². The molecule has 0 saturated carbocycles. The molecule has 3 rings (SSSR count). The van der Waals surface area contributed by atoms with Crippen LogP contribution in [-0.4, -0.2) is 35.4 Å². The van der Waals surface area contributed by atoms with Crippen molar-refractivity contribution in [1.82, 2.24) is 0 Å². The molecule has 0 radical (unpaired) electrons. The fourth-order valence-corrected chi connectivity index (χ4v) is 11.2. The molecule has 222 valence electrons. The number of benzene rings is 3. The lowest BCUT2D eigenvalue weighted by molar-refractivity contribution is -0.0196. The van der Waals surface area contributed by atoms with E-state index in [1.807, 2.05) is 12.1 Å². The molecule has 0 saturated heterocycles. The minimum absolute atomic E-state index is 0.0249. The zero-order valence-corrected chi connectivity index (χ0v) is 28.7. The van der Waals surface area contributed by atoms with Gasteiger partial charge in [-0.05, 0) is 45.5 Å². The molecule has 0 amide bonds. The largest absolute Gasteiger partial charge is 0.414 e. The van der Waals surface area contributed by atoms with Crippen molar-refractivity contribution in [3.63, 3.8) is 0 Å². The second-order valence-corrected chi connectivity index (χ2v) is 22.7. The molecule has 0 spiro atoms. The average Bonchev–Trinajstić information content (AvgIpc) is 2.92. The van der Waals surface area contributed by atoms with Gasteiger partial charge in [0.2, 0.25) is 0 Å². The average molecular weight is 589 g/mol. The molecule has 3 nitrogen and oxygen atoms in total. The topological polar surface area (TPSA) is 27.7 Å². The minimum Gasteiger partial charge on any atom is -0.414 e. The normalized spacial score (nSPS) is 14.4. The fraction of sp³-hybridized carbons (Fsp3) is 0.444. The maximum absolute atomic E-state index is 7.34. The van der Waals surface area contributed by atoms with Crippen molar-refractivity contribution in [2.45, 2.75) is 96.4 Å². The predicted octanol–water partition coefficient (Wildman–Crippen LogP) is 8.51. The summed E-state index contributed by atoms with van der Waals surface area (Å²) < 4.78 is 21.0. The molecule has 2 atom stereocenters. The van der Waals surface area contributed by atoms with Crippen molar-refractivity contribution < 1.29 is 13.6 Å². The summed E-state index contributed by atoms with van der Waals surface area (Å²) in [5.74, 6) is 0. The molecular formula is C36H52O3Si2. The van der Waals surface area contributed by atoms with Gasteiger partial charge in [-0.3, -0.25) is 0 Å². The van der Waals surface area contributed by atoms with Gasteiger partial charge >= 0.3 is 0 Å². The maximum Gasteiger partial charge on any atom is 0.261 e. The Bertz CT molecular complexity index is 1140. The number of ether oxygens (including phenoxy) is 1. The Morgan fingerprint density at radius 1 is 0.707 bits per heavy atom. The molecule has 0 unspecified atom stereocenters. The maximum atomic E-state index is 7.34. The van der Waals surface area contributed by atoms with Gasteiger partial charge in [-0.2, -0.15) is 0 Å². The Morgan fingerprint density at radius 2 is 1.20 bits per heavy atom. The van der Waals surface area contributed by atoms with Gasteiger partial charge in [-0.15, -0.1) is 6.58 Å². The van der Waals surface area contributed by atoms with E-state index in [0.717, 1.165) is 18.4 Å². The lowest BCUT2D eigenvalue weighted by Crippen LogP contribution is -2.67. The molecule has 3 aromatic rings. The third-order valence-corrected chi connectivity index (χ3v) is 18.0. The second kappa shape index (κ2) is 14.3. The van der Waals surface area contributed by atoms with E-state index >= 15 is 0 Å². The zero-order valence-electron chi connectivity index (χ0n) is 26.7. The summed E-state index contributed by atoms with van der Waals surface area (Å²) in [4.78, 5) is 0. The van der Waals surface area contributed by atoms with E-state index in [0.29, 0.717) is 13.2 Å². The Balaban J connectivity index is 1.98. The smallest absolute Gasteiger partial charge is 0.261 e. The van der Waals surface area contributed by atoms with Gasteiger partial charge in [0.05, 0.1) is 25.4 Å². The molecule has 3 aromatic carbocycles. The Hall–Kier alpha value is -2.29. The van der Waals surface area contributed by atoms with Crippen LogP contribution in [0.25, 0.3) is 0 Å². The molecule has 0 fully saturated rings. The molecule has 5 heteroatoms. The van der Waals surface area contributed by atoms with Crippen LogP contribution in [0.5, 0.6) is 0 Å². The van der Waals surface area contributed by atoms with Crippen LogP contribution in [0.3, 0.4) is 0 Å². The van der Waals surface area contributed by atoms with E-state index in [1.54, 1.807) is 0 Å². The van der Waals surface area contributed by atoms with Gasteiger partial charge in [0.25, 0.3) is 8.32 Å². The van der Waals surface area contributed by atoms with E-state index in [1.165, 1.54) is 10.4 Å². The Labute approximate surface area is 252 Å². The first-order chi connectivity index (χ1) is 19.3. The van der Waals surface area contributed by atoms with Crippen LogP contribution >= 0.6 is 0 Å². The second-order valence-electron chi connectivity index (χ2n) is 13.7. The highest BCUT2D eigenvalue weighted by Crippen LogP contribution is 2.39. The molecule has 41 heavy (non-hydrogen) atoms. The van der Waals surface area contributed by atoms with Crippen LogP contribution in [0.2, 0.25) is 23.2 Å². The number of hydrogen-bond donors (Lipinski definition) is 0. The van der Waals surface area contributed by atoms with Gasteiger partial charge in [0, 0.05) is 6.42 Å². The number of hydrogen-bond acceptors (Lipinski definition) is 3. The van der Waals surface area contributed by atoms with Crippen molar-refractivity contribution in [2.24, 2.45) is 0 Å². The van der Waals surface area contributed by atoms with Crippen LogP contribution in [0.15, 0.2) is 104 Å². The lowest BCUT2D eigenvalue weighted by Gasteiger charge is -2.44. The van der Waals surface area contributed by atoms with Crippen LogP contribution in [0.1, 0.15) is 59.9 Å². The predicted molar refractivity (Wildman–Crippen MR) is 180 cm³/mol. The molecular weight excluding hydrogens is 537 g/mol. The fourth-order valence-electron chi connectivity index (χ4n) is 5.22. The van der Waals surface area contributed by atoms with E-state index in [9.17, 15) is 0 Å². The molecule has 0 aromatic heterocycles. The Kier molecular flexibility index (Phi) is 11.6. The first kappa shape index (κ1) is 33.2. The minimum atomic E-state index is -2.70. The van der Waals surface area contributed by atoms with Crippen molar-refractivity contribution in [3.05, 3.63) is 109 Å². The molecule has 0 bridgehead atoms. The van der Waals surface area contributed by atoms with Crippen molar-refractivity contribution >= 4 is 27.0 Å². The SMILES string of the molecule is C=CC[C@@H](C[C@H](CO[Si](c1ccccc1)(c1ccccc1)C(C)(C)C)OCc1ccccc1)O[Si](C)(C)C(C)(C)C. The standard InChI is InChI=1S/C36H52O3Si2/c1-10-20-31(39-40(8,9)35(2,3)4)27-32(37-28-30-21-14-11-15-22-30)29-38-41(36(5,6)7,33-23-16-12-17-24-33)34-25-18-13-19-26-34/h10-19,21-26,31-32H,1,20,27-29H2,2-9H3/t31-,32+/m0/s1. The van der Waals surface area contributed by atoms with Crippen LogP contribution in [0, 0.1) is 0 Å². The highest BCUT2D eigenvalue weighted by molar-refractivity contribution is 6.99. The molecule has 0 N–H and O–H groups in total. The third kappa shape index (κ3) is 8.62. The molecule has 0 aliphatic carbocycles.